The van der Waals surface area contributed by atoms with Crippen LogP contribution >= 0.6 is 0 Å². The topological polar surface area (TPSA) is 58.5 Å². The van der Waals surface area contributed by atoms with Crippen LogP contribution in [0.5, 0.6) is 0 Å². The van der Waals surface area contributed by atoms with E-state index in [0.717, 1.165) is 55.3 Å². The summed E-state index contributed by atoms with van der Waals surface area (Å²) in [6.07, 6.45) is 3.74. The average Bonchev–Trinajstić information content (AvgIpc) is 2.98. The van der Waals surface area contributed by atoms with E-state index in [9.17, 15) is 0 Å². The summed E-state index contributed by atoms with van der Waals surface area (Å²) in [5.74, 6) is 1.80. The Labute approximate surface area is 131 Å². The lowest BCUT2D eigenvalue weighted by Gasteiger charge is -2.46. The van der Waals surface area contributed by atoms with Gasteiger partial charge in [-0.05, 0) is 50.4 Å². The highest BCUT2D eigenvalue weighted by molar-refractivity contribution is 5.88. The summed E-state index contributed by atoms with van der Waals surface area (Å²) in [6, 6.07) is 8.77. The largest absolute Gasteiger partial charge is 0.354 e. The van der Waals surface area contributed by atoms with Crippen molar-refractivity contribution in [3.05, 3.63) is 24.3 Å². The zero-order valence-corrected chi connectivity index (χ0v) is 12.9. The Hall–Kier alpha value is -1.59. The molecule has 0 radical (unpaired) electrons. The number of benzene rings is 1. The maximum atomic E-state index is 5.75. The van der Waals surface area contributed by atoms with Crippen molar-refractivity contribution in [1.82, 2.24) is 10.1 Å². The third-order valence-electron chi connectivity index (χ3n) is 5.27. The number of fused-ring (bicyclic) bond motifs is 2. The molecule has 5 nitrogen and oxygen atoms in total. The molecule has 0 amide bonds. The Morgan fingerprint density at radius 1 is 1.23 bits per heavy atom. The van der Waals surface area contributed by atoms with Crippen LogP contribution in [0.15, 0.2) is 28.8 Å². The molecule has 3 heterocycles. The number of nitrogens with two attached hydrogens (primary N) is 1. The van der Waals surface area contributed by atoms with Crippen LogP contribution in [0.3, 0.4) is 0 Å². The first-order chi connectivity index (χ1) is 10.8. The predicted molar refractivity (Wildman–Crippen MR) is 88.0 cm³/mol. The van der Waals surface area contributed by atoms with E-state index in [-0.39, 0.29) is 0 Å². The highest BCUT2D eigenvalue weighted by Gasteiger charge is 2.33. The molecule has 2 aliphatic rings. The van der Waals surface area contributed by atoms with E-state index in [1.807, 2.05) is 12.1 Å². The normalized spacial score (nSPS) is 26.3. The molecule has 0 saturated carbocycles. The van der Waals surface area contributed by atoms with Crippen LogP contribution in [0.4, 0.5) is 5.82 Å². The first kappa shape index (κ1) is 14.0. The lowest BCUT2D eigenvalue weighted by molar-refractivity contribution is 0.0972. The smallest absolute Gasteiger partial charge is 0.180 e. The van der Waals surface area contributed by atoms with Crippen LogP contribution in [0.25, 0.3) is 11.0 Å². The first-order valence-corrected chi connectivity index (χ1v) is 8.38. The number of piperidine rings is 1. The zero-order chi connectivity index (χ0) is 14.9. The fourth-order valence-corrected chi connectivity index (χ4v) is 4.05. The quantitative estimate of drug-likeness (QED) is 0.940. The fraction of sp³-hybridized carbons (Fsp3) is 0.588. The summed E-state index contributed by atoms with van der Waals surface area (Å²) < 4.78 is 5.48. The summed E-state index contributed by atoms with van der Waals surface area (Å²) in [5.41, 5.74) is 6.63. The molecule has 2 atom stereocenters. The van der Waals surface area contributed by atoms with Gasteiger partial charge in [-0.1, -0.05) is 17.3 Å². The van der Waals surface area contributed by atoms with Gasteiger partial charge in [-0.15, -0.1) is 0 Å². The van der Waals surface area contributed by atoms with E-state index in [2.05, 4.69) is 27.1 Å². The standard InChI is InChI=1S/C17H24N4O/c18-7-5-13-6-8-20-9-10-21(12-14(20)11-13)17-15-3-1-2-4-16(15)22-19-17/h1-4,13-14H,5-12,18H2. The fourth-order valence-electron chi connectivity index (χ4n) is 4.05. The van der Waals surface area contributed by atoms with Crippen molar-refractivity contribution in [3.8, 4) is 0 Å². The van der Waals surface area contributed by atoms with Gasteiger partial charge in [-0.3, -0.25) is 4.90 Å². The maximum Gasteiger partial charge on any atom is 0.180 e. The molecule has 22 heavy (non-hydrogen) atoms. The van der Waals surface area contributed by atoms with Crippen molar-refractivity contribution >= 4 is 16.8 Å². The van der Waals surface area contributed by atoms with Crippen molar-refractivity contribution in [2.24, 2.45) is 11.7 Å². The molecule has 0 spiro atoms. The Morgan fingerprint density at radius 2 is 2.14 bits per heavy atom. The third-order valence-corrected chi connectivity index (χ3v) is 5.27. The molecular weight excluding hydrogens is 276 g/mol. The summed E-state index contributed by atoms with van der Waals surface area (Å²) in [7, 11) is 0. The minimum absolute atomic E-state index is 0.634. The van der Waals surface area contributed by atoms with Crippen molar-refractivity contribution in [2.45, 2.75) is 25.3 Å². The number of hydrogen-bond donors (Lipinski definition) is 1. The first-order valence-electron chi connectivity index (χ1n) is 8.38. The highest BCUT2D eigenvalue weighted by atomic mass is 16.5. The lowest BCUT2D eigenvalue weighted by Crippen LogP contribution is -2.56. The van der Waals surface area contributed by atoms with E-state index >= 15 is 0 Å². The Morgan fingerprint density at radius 3 is 3.05 bits per heavy atom. The number of hydrogen-bond acceptors (Lipinski definition) is 5. The van der Waals surface area contributed by atoms with Crippen LogP contribution in [-0.4, -0.2) is 48.8 Å². The van der Waals surface area contributed by atoms with E-state index in [1.54, 1.807) is 0 Å². The predicted octanol–water partition coefficient (Wildman–Crippen LogP) is 2.08. The summed E-state index contributed by atoms with van der Waals surface area (Å²) in [4.78, 5) is 5.05. The molecule has 4 rings (SSSR count). The average molecular weight is 300 g/mol. The van der Waals surface area contributed by atoms with Crippen LogP contribution in [-0.2, 0) is 0 Å². The second-order valence-electron chi connectivity index (χ2n) is 6.61. The molecule has 2 N–H and O–H groups in total. The van der Waals surface area contributed by atoms with E-state index in [0.29, 0.717) is 6.04 Å². The molecule has 2 saturated heterocycles. The van der Waals surface area contributed by atoms with Crippen LogP contribution in [0.2, 0.25) is 0 Å². The maximum absolute atomic E-state index is 5.75. The number of rotatable bonds is 3. The van der Waals surface area contributed by atoms with Gasteiger partial charge in [0.2, 0.25) is 0 Å². The van der Waals surface area contributed by atoms with E-state index in [4.69, 9.17) is 10.3 Å². The SMILES string of the molecule is NCCC1CCN2CCN(c3noc4ccccc34)CC2C1. The second-order valence-corrected chi connectivity index (χ2v) is 6.61. The van der Waals surface area contributed by atoms with Gasteiger partial charge in [0.25, 0.3) is 0 Å². The number of aromatic nitrogens is 1. The Kier molecular flexibility index (Phi) is 3.76. The van der Waals surface area contributed by atoms with Crippen molar-refractivity contribution in [3.63, 3.8) is 0 Å². The lowest BCUT2D eigenvalue weighted by atomic mass is 9.87. The number of anilines is 1. The third kappa shape index (κ3) is 2.48. The summed E-state index contributed by atoms with van der Waals surface area (Å²) in [5, 5.41) is 5.45. The van der Waals surface area contributed by atoms with Gasteiger partial charge in [-0.25, -0.2) is 0 Å². The molecule has 2 fully saturated rings. The van der Waals surface area contributed by atoms with Crippen LogP contribution < -0.4 is 10.6 Å². The molecule has 2 aliphatic heterocycles. The van der Waals surface area contributed by atoms with Crippen LogP contribution in [0.1, 0.15) is 19.3 Å². The molecule has 5 heteroatoms. The minimum Gasteiger partial charge on any atom is -0.354 e. The molecule has 2 unspecified atom stereocenters. The number of piperazine rings is 1. The zero-order valence-electron chi connectivity index (χ0n) is 12.9. The Bertz CT molecular complexity index is 640. The van der Waals surface area contributed by atoms with Gasteiger partial charge < -0.3 is 15.2 Å². The molecule has 118 valence electrons. The molecular formula is C17H24N4O. The minimum atomic E-state index is 0.634. The second kappa shape index (κ2) is 5.89. The van der Waals surface area contributed by atoms with Gasteiger partial charge in [-0.2, -0.15) is 0 Å². The van der Waals surface area contributed by atoms with Crippen LogP contribution in [0, 0.1) is 5.92 Å². The molecule has 0 aliphatic carbocycles. The van der Waals surface area contributed by atoms with Crippen molar-refractivity contribution in [1.29, 1.82) is 0 Å². The summed E-state index contributed by atoms with van der Waals surface area (Å²) in [6.45, 7) is 5.26. The van der Waals surface area contributed by atoms with Crippen molar-refractivity contribution < 1.29 is 4.52 Å². The van der Waals surface area contributed by atoms with Gasteiger partial charge in [0.1, 0.15) is 0 Å². The van der Waals surface area contributed by atoms with Gasteiger partial charge in [0.15, 0.2) is 11.4 Å². The summed E-state index contributed by atoms with van der Waals surface area (Å²) >= 11 is 0. The van der Waals surface area contributed by atoms with E-state index < -0.39 is 0 Å². The molecule has 1 aromatic carbocycles. The Balaban J connectivity index is 1.52. The van der Waals surface area contributed by atoms with E-state index in [1.165, 1.54) is 19.4 Å². The van der Waals surface area contributed by atoms with Gasteiger partial charge in [0, 0.05) is 25.7 Å². The molecule has 1 aromatic heterocycles. The number of para-hydroxylation sites is 1. The molecule has 2 aromatic rings. The molecule has 0 bridgehead atoms. The van der Waals surface area contributed by atoms with Gasteiger partial charge >= 0.3 is 0 Å². The van der Waals surface area contributed by atoms with Crippen molar-refractivity contribution in [2.75, 3.05) is 37.6 Å². The number of nitrogens with zero attached hydrogens (tertiary/aromatic N) is 3. The van der Waals surface area contributed by atoms with Gasteiger partial charge in [0.05, 0.1) is 5.39 Å². The monoisotopic (exact) mass is 300 g/mol. The highest BCUT2D eigenvalue weighted by Crippen LogP contribution is 2.32.